The van der Waals surface area contributed by atoms with Crippen LogP contribution in [0.25, 0.3) is 0 Å². The van der Waals surface area contributed by atoms with Crippen LogP contribution < -0.4 is 10.1 Å². The van der Waals surface area contributed by atoms with Gasteiger partial charge in [0.25, 0.3) is 0 Å². The van der Waals surface area contributed by atoms with Gasteiger partial charge in [-0.05, 0) is 18.9 Å². The van der Waals surface area contributed by atoms with Crippen LogP contribution in [0.3, 0.4) is 0 Å². The van der Waals surface area contributed by atoms with Gasteiger partial charge in [-0.15, -0.1) is 10.2 Å². The van der Waals surface area contributed by atoms with E-state index in [4.69, 9.17) is 4.74 Å². The SMILES string of the molecule is CCC(CC)c1nnc(NC(=O)Cc2ccccc2OC)s1. The van der Waals surface area contributed by atoms with Crippen LogP contribution in [0.4, 0.5) is 5.13 Å². The van der Waals surface area contributed by atoms with Gasteiger partial charge in [0.15, 0.2) is 0 Å². The van der Waals surface area contributed by atoms with Crippen molar-refractivity contribution in [1.82, 2.24) is 10.2 Å². The summed E-state index contributed by atoms with van der Waals surface area (Å²) in [6, 6.07) is 7.50. The van der Waals surface area contributed by atoms with Crippen LogP contribution >= 0.6 is 11.3 Å². The van der Waals surface area contributed by atoms with Crippen molar-refractivity contribution in [3.05, 3.63) is 34.8 Å². The van der Waals surface area contributed by atoms with Crippen molar-refractivity contribution in [2.24, 2.45) is 0 Å². The number of nitrogens with zero attached hydrogens (tertiary/aromatic N) is 2. The Labute approximate surface area is 134 Å². The topological polar surface area (TPSA) is 64.1 Å². The molecule has 0 saturated carbocycles. The summed E-state index contributed by atoms with van der Waals surface area (Å²) in [4.78, 5) is 12.1. The highest BCUT2D eigenvalue weighted by Gasteiger charge is 2.15. The number of aromatic nitrogens is 2. The molecule has 0 bridgehead atoms. The minimum atomic E-state index is -0.114. The van der Waals surface area contributed by atoms with Gasteiger partial charge in [-0.3, -0.25) is 4.79 Å². The predicted molar refractivity (Wildman–Crippen MR) is 88.6 cm³/mol. The minimum Gasteiger partial charge on any atom is -0.496 e. The molecule has 0 saturated heterocycles. The molecule has 118 valence electrons. The van der Waals surface area contributed by atoms with Crippen molar-refractivity contribution >= 4 is 22.4 Å². The lowest BCUT2D eigenvalue weighted by molar-refractivity contribution is -0.115. The first-order chi connectivity index (χ1) is 10.7. The zero-order chi connectivity index (χ0) is 15.9. The average molecular weight is 319 g/mol. The number of rotatable bonds is 7. The summed E-state index contributed by atoms with van der Waals surface area (Å²) >= 11 is 1.45. The van der Waals surface area contributed by atoms with Gasteiger partial charge in [0.2, 0.25) is 11.0 Å². The van der Waals surface area contributed by atoms with Crippen LogP contribution in [0.5, 0.6) is 5.75 Å². The lowest BCUT2D eigenvalue weighted by Gasteiger charge is -2.07. The molecule has 6 heteroatoms. The van der Waals surface area contributed by atoms with E-state index in [1.54, 1.807) is 7.11 Å². The molecule has 0 aliphatic carbocycles. The zero-order valence-corrected chi connectivity index (χ0v) is 13.9. The van der Waals surface area contributed by atoms with E-state index in [0.717, 1.165) is 23.4 Å². The largest absolute Gasteiger partial charge is 0.496 e. The number of hydrogen-bond acceptors (Lipinski definition) is 5. The molecule has 0 unspecified atom stereocenters. The van der Waals surface area contributed by atoms with Crippen molar-refractivity contribution in [3.8, 4) is 5.75 Å². The summed E-state index contributed by atoms with van der Waals surface area (Å²) in [6.07, 6.45) is 2.31. The Kier molecular flexibility index (Phi) is 5.89. The number of carbonyl (C=O) groups is 1. The molecule has 0 aliphatic heterocycles. The van der Waals surface area contributed by atoms with E-state index < -0.39 is 0 Å². The Morgan fingerprint density at radius 2 is 2.00 bits per heavy atom. The maximum atomic E-state index is 12.1. The van der Waals surface area contributed by atoms with Gasteiger partial charge in [0.05, 0.1) is 13.5 Å². The fourth-order valence-corrected chi connectivity index (χ4v) is 3.30. The van der Waals surface area contributed by atoms with Gasteiger partial charge in [-0.2, -0.15) is 0 Å². The molecule has 1 aromatic carbocycles. The fraction of sp³-hybridized carbons (Fsp3) is 0.438. The molecule has 5 nitrogen and oxygen atoms in total. The van der Waals surface area contributed by atoms with Gasteiger partial charge >= 0.3 is 0 Å². The third kappa shape index (κ3) is 4.04. The number of para-hydroxylation sites is 1. The standard InChI is InChI=1S/C16H21N3O2S/c1-4-11(5-2)15-18-19-16(22-15)17-14(20)10-12-8-6-7-9-13(12)21-3/h6-9,11H,4-5,10H2,1-3H3,(H,17,19,20). The van der Waals surface area contributed by atoms with Crippen LogP contribution in [0, 0.1) is 0 Å². The van der Waals surface area contributed by atoms with E-state index in [1.807, 2.05) is 24.3 Å². The van der Waals surface area contributed by atoms with Crippen LogP contribution in [-0.2, 0) is 11.2 Å². The van der Waals surface area contributed by atoms with Crippen molar-refractivity contribution in [2.75, 3.05) is 12.4 Å². The molecule has 0 spiro atoms. The molecule has 1 aromatic heterocycles. The third-order valence-corrected chi connectivity index (χ3v) is 4.57. The average Bonchev–Trinajstić information content (AvgIpc) is 2.97. The number of ether oxygens (including phenoxy) is 1. The van der Waals surface area contributed by atoms with E-state index in [0.29, 0.717) is 16.8 Å². The van der Waals surface area contributed by atoms with Gasteiger partial charge in [0.1, 0.15) is 10.8 Å². The second-order valence-corrected chi connectivity index (χ2v) is 6.00. The lowest BCUT2D eigenvalue weighted by Crippen LogP contribution is -2.14. The highest BCUT2D eigenvalue weighted by atomic mass is 32.1. The molecule has 0 atom stereocenters. The number of amides is 1. The Morgan fingerprint density at radius 3 is 2.68 bits per heavy atom. The summed E-state index contributed by atoms with van der Waals surface area (Å²) < 4.78 is 5.26. The van der Waals surface area contributed by atoms with E-state index >= 15 is 0 Å². The molecule has 2 aromatic rings. The van der Waals surface area contributed by atoms with Crippen molar-refractivity contribution in [2.45, 2.75) is 39.0 Å². The maximum absolute atomic E-state index is 12.1. The fourth-order valence-electron chi connectivity index (χ4n) is 2.27. The third-order valence-electron chi connectivity index (χ3n) is 3.57. The predicted octanol–water partition coefficient (Wildman–Crippen LogP) is 3.63. The second kappa shape index (κ2) is 7.89. The number of methoxy groups -OCH3 is 1. The van der Waals surface area contributed by atoms with Crippen LogP contribution in [0.1, 0.15) is 43.2 Å². The smallest absolute Gasteiger partial charge is 0.230 e. The summed E-state index contributed by atoms with van der Waals surface area (Å²) in [5.41, 5.74) is 0.854. The molecule has 0 fully saturated rings. The summed E-state index contributed by atoms with van der Waals surface area (Å²) in [6.45, 7) is 4.27. The first-order valence-corrected chi connectivity index (χ1v) is 8.24. The molecule has 0 aliphatic rings. The molecular weight excluding hydrogens is 298 g/mol. The lowest BCUT2D eigenvalue weighted by atomic mass is 10.1. The summed E-state index contributed by atoms with van der Waals surface area (Å²) in [5.74, 6) is 1.02. The Morgan fingerprint density at radius 1 is 1.27 bits per heavy atom. The summed E-state index contributed by atoms with van der Waals surface area (Å²) in [7, 11) is 1.60. The van der Waals surface area contributed by atoms with E-state index in [9.17, 15) is 4.79 Å². The molecule has 1 heterocycles. The normalized spacial score (nSPS) is 10.7. The molecule has 0 radical (unpaired) electrons. The first-order valence-electron chi connectivity index (χ1n) is 7.43. The molecular formula is C16H21N3O2S. The highest BCUT2D eigenvalue weighted by Crippen LogP contribution is 2.28. The van der Waals surface area contributed by atoms with Gasteiger partial charge in [-0.1, -0.05) is 43.4 Å². The van der Waals surface area contributed by atoms with Crippen LogP contribution in [-0.4, -0.2) is 23.2 Å². The number of nitrogens with one attached hydrogen (secondary N) is 1. The number of carbonyl (C=O) groups excluding carboxylic acids is 1. The van der Waals surface area contributed by atoms with Crippen molar-refractivity contribution in [1.29, 1.82) is 0 Å². The minimum absolute atomic E-state index is 0.114. The quantitative estimate of drug-likeness (QED) is 0.846. The molecule has 22 heavy (non-hydrogen) atoms. The van der Waals surface area contributed by atoms with E-state index in [1.165, 1.54) is 11.3 Å². The van der Waals surface area contributed by atoms with Crippen LogP contribution in [0.2, 0.25) is 0 Å². The van der Waals surface area contributed by atoms with Crippen molar-refractivity contribution in [3.63, 3.8) is 0 Å². The molecule has 2 rings (SSSR count). The second-order valence-electron chi connectivity index (χ2n) is 5.00. The van der Waals surface area contributed by atoms with E-state index in [2.05, 4.69) is 29.4 Å². The monoisotopic (exact) mass is 319 g/mol. The Bertz CT molecular complexity index is 623. The highest BCUT2D eigenvalue weighted by molar-refractivity contribution is 7.15. The molecule has 1 amide bonds. The Balaban J connectivity index is 2.00. The maximum Gasteiger partial charge on any atom is 0.230 e. The zero-order valence-electron chi connectivity index (χ0n) is 13.1. The summed E-state index contributed by atoms with van der Waals surface area (Å²) in [5, 5.41) is 12.6. The molecule has 1 N–H and O–H groups in total. The Hall–Kier alpha value is -1.95. The van der Waals surface area contributed by atoms with E-state index in [-0.39, 0.29) is 12.3 Å². The first kappa shape index (κ1) is 16.4. The number of benzene rings is 1. The number of hydrogen-bond donors (Lipinski definition) is 1. The van der Waals surface area contributed by atoms with Crippen LogP contribution in [0.15, 0.2) is 24.3 Å². The number of anilines is 1. The van der Waals surface area contributed by atoms with Gasteiger partial charge < -0.3 is 10.1 Å². The van der Waals surface area contributed by atoms with Gasteiger partial charge in [-0.25, -0.2) is 0 Å². The van der Waals surface area contributed by atoms with Crippen molar-refractivity contribution < 1.29 is 9.53 Å². The van der Waals surface area contributed by atoms with Gasteiger partial charge in [0, 0.05) is 11.5 Å².